The summed E-state index contributed by atoms with van der Waals surface area (Å²) in [5.74, 6) is -0.617. The van der Waals surface area contributed by atoms with Crippen LogP contribution < -0.4 is 5.32 Å². The van der Waals surface area contributed by atoms with Crippen molar-refractivity contribution in [1.82, 2.24) is 9.88 Å². The summed E-state index contributed by atoms with van der Waals surface area (Å²) in [6, 6.07) is 7.68. The van der Waals surface area contributed by atoms with Crippen LogP contribution in [0.1, 0.15) is 48.3 Å². The van der Waals surface area contributed by atoms with Gasteiger partial charge in [0, 0.05) is 23.8 Å². The molecule has 0 radical (unpaired) electrons. The van der Waals surface area contributed by atoms with E-state index in [1.54, 1.807) is 42.1 Å². The fourth-order valence-corrected chi connectivity index (χ4v) is 2.76. The highest BCUT2D eigenvalue weighted by Crippen LogP contribution is 2.29. The lowest BCUT2D eigenvalue weighted by Gasteiger charge is -2.21. The van der Waals surface area contributed by atoms with Crippen molar-refractivity contribution < 1.29 is 9.18 Å². The summed E-state index contributed by atoms with van der Waals surface area (Å²) in [6.07, 6.45) is 4.28. The molecular formula is C17H20ClFN2O. The first-order valence-corrected chi connectivity index (χ1v) is 7.78. The second kappa shape index (κ2) is 7.45. The van der Waals surface area contributed by atoms with Crippen LogP contribution in [-0.2, 0) is 7.05 Å². The fourth-order valence-electron chi connectivity index (χ4n) is 2.47. The lowest BCUT2D eigenvalue weighted by molar-refractivity contribution is 0.0925. The average molecular weight is 323 g/mol. The van der Waals surface area contributed by atoms with E-state index in [-0.39, 0.29) is 11.7 Å². The van der Waals surface area contributed by atoms with Gasteiger partial charge in [-0.2, -0.15) is 0 Å². The summed E-state index contributed by atoms with van der Waals surface area (Å²) < 4.78 is 15.9. The molecule has 1 aromatic heterocycles. The predicted molar refractivity (Wildman–Crippen MR) is 86.6 cm³/mol. The maximum atomic E-state index is 14.2. The molecule has 0 bridgehead atoms. The zero-order valence-corrected chi connectivity index (χ0v) is 13.5. The minimum atomic E-state index is -0.434. The molecule has 0 saturated carbocycles. The Balaban J connectivity index is 2.27. The maximum Gasteiger partial charge on any atom is 0.268 e. The standard InChI is InChI=1S/C17H20ClFN2O/c1-3-4-9-14(16-12(18)7-5-8-13(16)19)20-17(22)15-10-6-11-21(15)2/h5-8,10-11,14H,3-4,9H2,1-2H3,(H,20,22). The van der Waals surface area contributed by atoms with E-state index in [9.17, 15) is 9.18 Å². The molecule has 0 aliphatic heterocycles. The second-order valence-electron chi connectivity index (χ2n) is 5.31. The molecule has 1 unspecified atom stereocenters. The van der Waals surface area contributed by atoms with Gasteiger partial charge in [0.1, 0.15) is 11.5 Å². The third-order valence-corrected chi connectivity index (χ3v) is 4.01. The topological polar surface area (TPSA) is 34.0 Å². The number of amides is 1. The number of unbranched alkanes of at least 4 members (excludes halogenated alkanes) is 1. The third kappa shape index (κ3) is 3.69. The minimum Gasteiger partial charge on any atom is -0.347 e. The third-order valence-electron chi connectivity index (χ3n) is 3.68. The SMILES string of the molecule is CCCCC(NC(=O)c1cccn1C)c1c(F)cccc1Cl. The number of hydrogen-bond donors (Lipinski definition) is 1. The van der Waals surface area contributed by atoms with E-state index < -0.39 is 6.04 Å². The van der Waals surface area contributed by atoms with Crippen LogP contribution in [0.5, 0.6) is 0 Å². The van der Waals surface area contributed by atoms with Crippen LogP contribution in [0, 0.1) is 5.82 Å². The number of benzene rings is 1. The van der Waals surface area contributed by atoms with Crippen molar-refractivity contribution in [1.29, 1.82) is 0 Å². The van der Waals surface area contributed by atoms with Gasteiger partial charge in [-0.1, -0.05) is 37.4 Å². The van der Waals surface area contributed by atoms with Gasteiger partial charge in [0.25, 0.3) is 5.91 Å². The van der Waals surface area contributed by atoms with Gasteiger partial charge in [-0.3, -0.25) is 4.79 Å². The molecule has 0 aliphatic carbocycles. The monoisotopic (exact) mass is 322 g/mol. The van der Waals surface area contributed by atoms with Gasteiger partial charge in [0.05, 0.1) is 6.04 Å². The van der Waals surface area contributed by atoms with Crippen molar-refractivity contribution in [2.45, 2.75) is 32.2 Å². The highest BCUT2D eigenvalue weighted by Gasteiger charge is 2.22. The van der Waals surface area contributed by atoms with Gasteiger partial charge in [-0.15, -0.1) is 0 Å². The van der Waals surface area contributed by atoms with E-state index in [2.05, 4.69) is 12.2 Å². The van der Waals surface area contributed by atoms with E-state index in [4.69, 9.17) is 11.6 Å². The van der Waals surface area contributed by atoms with Gasteiger partial charge in [0.2, 0.25) is 0 Å². The van der Waals surface area contributed by atoms with E-state index >= 15 is 0 Å². The number of aryl methyl sites for hydroxylation is 1. The Morgan fingerprint density at radius 3 is 2.73 bits per heavy atom. The van der Waals surface area contributed by atoms with Crippen LogP contribution in [0.2, 0.25) is 5.02 Å². The van der Waals surface area contributed by atoms with Crippen LogP contribution in [0.4, 0.5) is 4.39 Å². The molecule has 118 valence electrons. The second-order valence-corrected chi connectivity index (χ2v) is 5.72. The van der Waals surface area contributed by atoms with Crippen molar-refractivity contribution in [2.75, 3.05) is 0 Å². The Labute approximate surface area is 135 Å². The van der Waals surface area contributed by atoms with Gasteiger partial charge >= 0.3 is 0 Å². The number of nitrogens with one attached hydrogen (secondary N) is 1. The number of carbonyl (C=O) groups excluding carboxylic acids is 1. The Morgan fingerprint density at radius 1 is 1.36 bits per heavy atom. The Morgan fingerprint density at radius 2 is 2.14 bits per heavy atom. The maximum absolute atomic E-state index is 14.2. The molecule has 1 N–H and O–H groups in total. The molecule has 1 amide bonds. The number of rotatable bonds is 6. The molecule has 2 aromatic rings. The van der Waals surface area contributed by atoms with Crippen molar-refractivity contribution >= 4 is 17.5 Å². The molecule has 2 rings (SSSR count). The van der Waals surface area contributed by atoms with Crippen LogP contribution >= 0.6 is 11.6 Å². The van der Waals surface area contributed by atoms with Crippen molar-refractivity contribution in [2.24, 2.45) is 7.05 Å². The first-order valence-electron chi connectivity index (χ1n) is 7.40. The highest BCUT2D eigenvalue weighted by atomic mass is 35.5. The quantitative estimate of drug-likeness (QED) is 0.836. The molecule has 1 heterocycles. The molecule has 1 aromatic carbocycles. The average Bonchev–Trinajstić information content (AvgIpc) is 2.90. The van der Waals surface area contributed by atoms with Gasteiger partial charge < -0.3 is 9.88 Å². The normalized spacial score (nSPS) is 12.2. The fraction of sp³-hybridized carbons (Fsp3) is 0.353. The molecule has 5 heteroatoms. The lowest BCUT2D eigenvalue weighted by Crippen LogP contribution is -2.30. The summed E-state index contributed by atoms with van der Waals surface area (Å²) in [6.45, 7) is 2.05. The van der Waals surface area contributed by atoms with Crippen LogP contribution in [0.25, 0.3) is 0 Å². The number of carbonyl (C=O) groups is 1. The van der Waals surface area contributed by atoms with E-state index in [1.165, 1.54) is 6.07 Å². The molecule has 0 saturated heterocycles. The largest absolute Gasteiger partial charge is 0.347 e. The molecule has 3 nitrogen and oxygen atoms in total. The first kappa shape index (κ1) is 16.6. The number of halogens is 2. The molecule has 1 atom stereocenters. The minimum absolute atomic E-state index is 0.229. The summed E-state index contributed by atoms with van der Waals surface area (Å²) in [4.78, 5) is 12.4. The van der Waals surface area contributed by atoms with E-state index in [1.807, 2.05) is 0 Å². The summed E-state index contributed by atoms with van der Waals surface area (Å²) in [7, 11) is 1.80. The van der Waals surface area contributed by atoms with Crippen molar-refractivity contribution in [3.05, 3.63) is 58.6 Å². The summed E-state index contributed by atoms with van der Waals surface area (Å²) in [5.41, 5.74) is 0.897. The Kier molecular flexibility index (Phi) is 5.61. The van der Waals surface area contributed by atoms with E-state index in [0.717, 1.165) is 12.8 Å². The number of aromatic nitrogens is 1. The summed E-state index contributed by atoms with van der Waals surface area (Å²) in [5, 5.41) is 3.25. The number of nitrogens with zero attached hydrogens (tertiary/aromatic N) is 1. The number of hydrogen-bond acceptors (Lipinski definition) is 1. The van der Waals surface area contributed by atoms with Crippen LogP contribution in [-0.4, -0.2) is 10.5 Å². The lowest BCUT2D eigenvalue weighted by atomic mass is 10.00. The van der Waals surface area contributed by atoms with Crippen LogP contribution in [0.3, 0.4) is 0 Å². The van der Waals surface area contributed by atoms with Crippen LogP contribution in [0.15, 0.2) is 36.5 Å². The van der Waals surface area contributed by atoms with E-state index in [0.29, 0.717) is 22.7 Å². The Hall–Kier alpha value is -1.81. The van der Waals surface area contributed by atoms with Gasteiger partial charge in [-0.25, -0.2) is 4.39 Å². The molecule has 0 fully saturated rings. The zero-order chi connectivity index (χ0) is 16.1. The van der Waals surface area contributed by atoms with Crippen molar-refractivity contribution in [3.8, 4) is 0 Å². The Bertz CT molecular complexity index is 634. The zero-order valence-electron chi connectivity index (χ0n) is 12.8. The molecule has 0 aliphatic rings. The van der Waals surface area contributed by atoms with Gasteiger partial charge in [0.15, 0.2) is 0 Å². The summed E-state index contributed by atoms with van der Waals surface area (Å²) >= 11 is 6.15. The highest BCUT2D eigenvalue weighted by molar-refractivity contribution is 6.31. The first-order chi connectivity index (χ1) is 10.5. The smallest absolute Gasteiger partial charge is 0.268 e. The van der Waals surface area contributed by atoms with Gasteiger partial charge in [-0.05, 0) is 30.7 Å². The predicted octanol–water partition coefficient (Wildman–Crippen LogP) is 4.48. The molecule has 0 spiro atoms. The molecule has 22 heavy (non-hydrogen) atoms. The van der Waals surface area contributed by atoms with Crippen molar-refractivity contribution in [3.63, 3.8) is 0 Å². The molecular weight excluding hydrogens is 303 g/mol.